The van der Waals surface area contributed by atoms with Crippen molar-refractivity contribution in [3.05, 3.63) is 202 Å². The molecule has 5 rings (SSSR count). The summed E-state index contributed by atoms with van der Waals surface area (Å²) in [6, 6.07) is 33.7. The molecule has 0 aliphatic rings. The van der Waals surface area contributed by atoms with E-state index in [1.807, 2.05) is 109 Å². The van der Waals surface area contributed by atoms with Crippen LogP contribution in [0.1, 0.15) is 66.8 Å². The highest BCUT2D eigenvalue weighted by Crippen LogP contribution is 2.18. The third-order valence-corrected chi connectivity index (χ3v) is 6.83. The lowest BCUT2D eigenvalue weighted by atomic mass is 9.97. The van der Waals surface area contributed by atoms with E-state index in [-0.39, 0.29) is 0 Å². The minimum Gasteiger partial charge on any atom is -0.0616 e. The van der Waals surface area contributed by atoms with Crippen molar-refractivity contribution in [3.63, 3.8) is 0 Å². The second-order valence-corrected chi connectivity index (χ2v) is 10.0. The second kappa shape index (κ2) is 15.2. The molecule has 0 amide bonds. The first-order chi connectivity index (χ1) is 22.6. The summed E-state index contributed by atoms with van der Waals surface area (Å²) in [5, 5.41) is 0. The molecule has 0 nitrogen and oxygen atoms in total. The molecule has 0 bridgehead atoms. The van der Waals surface area contributed by atoms with Gasteiger partial charge in [0.25, 0.3) is 0 Å². The summed E-state index contributed by atoms with van der Waals surface area (Å²) in [5.41, 5.74) is 9.22. The van der Waals surface area contributed by atoms with Gasteiger partial charge < -0.3 is 0 Å². The lowest BCUT2D eigenvalue weighted by Crippen LogP contribution is -1.93. The Hall–Kier alpha value is -6.70. The molecule has 0 atom stereocenters. The van der Waals surface area contributed by atoms with E-state index in [9.17, 15) is 0 Å². The normalized spacial score (nSPS) is 9.39. The van der Waals surface area contributed by atoms with Gasteiger partial charge in [0.1, 0.15) is 0 Å². The van der Waals surface area contributed by atoms with Crippen molar-refractivity contribution in [1.82, 2.24) is 0 Å². The van der Waals surface area contributed by atoms with Crippen LogP contribution in [0.2, 0.25) is 0 Å². The van der Waals surface area contributed by atoms with E-state index < -0.39 is 0 Å². The van der Waals surface area contributed by atoms with E-state index in [1.165, 1.54) is 24.3 Å². The molecular weight excluding hydrogens is 553 g/mol. The van der Waals surface area contributed by atoms with Crippen LogP contribution in [0.4, 0.5) is 0 Å². The number of benzene rings is 5. The maximum absolute atomic E-state index is 7.46. The first-order valence-electron chi connectivity index (χ1n) is 14.2. The molecule has 0 saturated heterocycles. The fraction of sp³-hybridized carbons (Fsp3) is 0. The molecule has 0 spiro atoms. The van der Waals surface area contributed by atoms with Crippen molar-refractivity contribution in [2.75, 3.05) is 0 Å². The van der Waals surface area contributed by atoms with E-state index in [1.54, 1.807) is 0 Å². The Kier molecular flexibility index (Phi) is 10.1. The SMILES string of the molecule is [C]=Cc1ccc(C#Cc2cc(C#Cc3ccc(C=[C])cc3)c(C#Cc3ccc(C=[C])cc3)cc2C#Cc2ccc(C=[C])cc2)cc1. The lowest BCUT2D eigenvalue weighted by Gasteiger charge is -2.04. The van der Waals surface area contributed by atoms with Crippen molar-refractivity contribution < 1.29 is 0 Å². The Morgan fingerprint density at radius 2 is 0.478 bits per heavy atom. The van der Waals surface area contributed by atoms with E-state index in [2.05, 4.69) is 47.4 Å². The molecule has 0 heterocycles. The topological polar surface area (TPSA) is 0 Å². The quantitative estimate of drug-likeness (QED) is 0.189. The predicted molar refractivity (Wildman–Crippen MR) is 187 cm³/mol. The Labute approximate surface area is 273 Å². The number of hydrogen-bond donors (Lipinski definition) is 0. The zero-order valence-corrected chi connectivity index (χ0v) is 24.7. The van der Waals surface area contributed by atoms with Gasteiger partial charge in [-0.2, -0.15) is 0 Å². The van der Waals surface area contributed by atoms with Gasteiger partial charge in [-0.25, -0.2) is 0 Å². The summed E-state index contributed by atoms with van der Waals surface area (Å²) in [7, 11) is 0. The summed E-state index contributed by atoms with van der Waals surface area (Å²) < 4.78 is 0. The van der Waals surface area contributed by atoms with Gasteiger partial charge in [0.15, 0.2) is 0 Å². The van der Waals surface area contributed by atoms with Crippen LogP contribution in [0.5, 0.6) is 0 Å². The van der Waals surface area contributed by atoms with Gasteiger partial charge in [-0.3, -0.25) is 0 Å². The smallest absolute Gasteiger partial charge is 0.0419 e. The van der Waals surface area contributed by atoms with E-state index in [0.29, 0.717) is 22.3 Å². The van der Waals surface area contributed by atoms with Crippen molar-refractivity contribution in [1.29, 1.82) is 0 Å². The minimum atomic E-state index is 0.698. The molecule has 46 heavy (non-hydrogen) atoms. The zero-order chi connectivity index (χ0) is 32.1. The Morgan fingerprint density at radius 1 is 0.283 bits per heavy atom. The van der Waals surface area contributed by atoms with Crippen molar-refractivity contribution in [3.8, 4) is 47.4 Å². The van der Waals surface area contributed by atoms with Crippen molar-refractivity contribution in [2.45, 2.75) is 0 Å². The molecule has 0 saturated carbocycles. The molecule has 0 N–H and O–H groups in total. The average Bonchev–Trinajstić information content (AvgIpc) is 3.12. The van der Waals surface area contributed by atoms with Gasteiger partial charge in [-0.1, -0.05) is 95.9 Å². The molecule has 0 aliphatic carbocycles. The van der Waals surface area contributed by atoms with E-state index in [0.717, 1.165) is 44.5 Å². The third-order valence-electron chi connectivity index (χ3n) is 6.83. The average molecular weight is 575 g/mol. The van der Waals surface area contributed by atoms with Gasteiger partial charge in [0, 0.05) is 44.5 Å². The first kappa shape index (κ1) is 30.7. The molecule has 206 valence electrons. The van der Waals surface area contributed by atoms with E-state index >= 15 is 0 Å². The van der Waals surface area contributed by atoms with Crippen molar-refractivity contribution >= 4 is 24.3 Å². The Bertz CT molecular complexity index is 1850. The van der Waals surface area contributed by atoms with Gasteiger partial charge >= 0.3 is 0 Å². The van der Waals surface area contributed by atoms with Crippen LogP contribution in [0, 0.1) is 73.7 Å². The summed E-state index contributed by atoms with van der Waals surface area (Å²) in [4.78, 5) is 0. The largest absolute Gasteiger partial charge is 0.0616 e. The molecule has 5 aromatic carbocycles. The van der Waals surface area contributed by atoms with Crippen molar-refractivity contribution in [2.24, 2.45) is 0 Å². The molecule has 0 fully saturated rings. The summed E-state index contributed by atoms with van der Waals surface area (Å²) in [5.74, 6) is 26.1. The highest BCUT2D eigenvalue weighted by molar-refractivity contribution is 5.65. The monoisotopic (exact) mass is 574 g/mol. The maximum atomic E-state index is 7.46. The molecule has 0 aromatic heterocycles. The van der Waals surface area contributed by atoms with Crippen LogP contribution < -0.4 is 0 Å². The molecule has 0 unspecified atom stereocenters. The lowest BCUT2D eigenvalue weighted by molar-refractivity contribution is 1.50. The number of rotatable bonds is 4. The number of hydrogen-bond acceptors (Lipinski definition) is 0. The molecular formula is C46H22. The van der Waals surface area contributed by atoms with Gasteiger partial charge in [0.05, 0.1) is 0 Å². The van der Waals surface area contributed by atoms with Crippen LogP contribution in [-0.2, 0) is 0 Å². The molecule has 0 aliphatic heterocycles. The minimum absolute atomic E-state index is 0.698. The van der Waals surface area contributed by atoms with E-state index in [4.69, 9.17) is 26.3 Å². The highest BCUT2D eigenvalue weighted by Gasteiger charge is 2.06. The van der Waals surface area contributed by atoms with Gasteiger partial charge in [-0.05, 0) is 134 Å². The fourth-order valence-electron chi connectivity index (χ4n) is 4.22. The summed E-state index contributed by atoms with van der Waals surface area (Å²) >= 11 is 0. The highest BCUT2D eigenvalue weighted by atomic mass is 14.1. The fourth-order valence-corrected chi connectivity index (χ4v) is 4.22. The Morgan fingerprint density at radius 3 is 0.652 bits per heavy atom. The second-order valence-electron chi connectivity index (χ2n) is 10.0. The van der Waals surface area contributed by atoms with Crippen LogP contribution in [0.3, 0.4) is 0 Å². The predicted octanol–water partition coefficient (Wildman–Crippen LogP) is 8.58. The van der Waals surface area contributed by atoms with Crippen LogP contribution >= 0.6 is 0 Å². The summed E-state index contributed by atoms with van der Waals surface area (Å²) in [6.45, 7) is 29.8. The van der Waals surface area contributed by atoms with Crippen LogP contribution in [0.15, 0.2) is 109 Å². The molecule has 5 aromatic rings. The van der Waals surface area contributed by atoms with Crippen LogP contribution in [-0.4, -0.2) is 0 Å². The molecule has 8 radical (unpaired) electrons. The Balaban J connectivity index is 1.66. The third kappa shape index (κ3) is 8.23. The standard InChI is InChI=1S/C46H22/c1-5-35-9-17-39(18-10-35)25-29-43-33-45(31-27-41-21-13-37(7-3)14-22-41)46(32-28-42-23-15-38(8-4)16-24-42)34-44(43)30-26-40-19-11-36(6-2)12-20-40/h5-24,33-34H. The van der Waals surface area contributed by atoms with Gasteiger partial charge in [0.2, 0.25) is 0 Å². The molecule has 0 heteroatoms. The van der Waals surface area contributed by atoms with Crippen LogP contribution in [0.25, 0.3) is 24.3 Å². The van der Waals surface area contributed by atoms with Gasteiger partial charge in [-0.15, -0.1) is 0 Å². The summed E-state index contributed by atoms with van der Waals surface area (Å²) in [6.07, 6.45) is 5.19. The maximum Gasteiger partial charge on any atom is 0.0419 e. The first-order valence-corrected chi connectivity index (χ1v) is 14.2. The zero-order valence-electron chi connectivity index (χ0n) is 24.7.